The summed E-state index contributed by atoms with van der Waals surface area (Å²) in [5.41, 5.74) is 6.92. The molecule has 1 atom stereocenters. The lowest BCUT2D eigenvalue weighted by atomic mass is 10.1. The van der Waals surface area contributed by atoms with E-state index < -0.39 is 0 Å². The monoisotopic (exact) mass is 238 g/mol. The molecule has 0 aliphatic carbocycles. The van der Waals surface area contributed by atoms with E-state index in [-0.39, 0.29) is 6.04 Å². The highest BCUT2D eigenvalue weighted by Gasteiger charge is 2.08. The first-order chi connectivity index (χ1) is 7.25. The maximum absolute atomic E-state index is 6.04. The molecule has 0 spiro atoms. The third kappa shape index (κ3) is 2.78. The fraction of sp³-hybridized carbons (Fsp3) is 0.182. The number of nitrogens with zero attached hydrogens (tertiary/aromatic N) is 1. The molecular formula is C11H11ClN2S. The minimum absolute atomic E-state index is 0.0547. The van der Waals surface area contributed by atoms with Crippen LogP contribution in [0, 0.1) is 0 Å². The Balaban J connectivity index is 2.08. The second kappa shape index (κ2) is 4.75. The van der Waals surface area contributed by atoms with Crippen molar-refractivity contribution < 1.29 is 0 Å². The van der Waals surface area contributed by atoms with Gasteiger partial charge in [0.25, 0.3) is 0 Å². The van der Waals surface area contributed by atoms with E-state index in [0.29, 0.717) is 5.02 Å². The lowest BCUT2D eigenvalue weighted by Gasteiger charge is -2.09. The molecule has 2 nitrogen and oxygen atoms in total. The molecule has 2 aromatic heterocycles. The van der Waals surface area contributed by atoms with Crippen LogP contribution in [0.1, 0.15) is 16.6 Å². The topological polar surface area (TPSA) is 38.9 Å². The van der Waals surface area contributed by atoms with Crippen molar-refractivity contribution in [3.05, 3.63) is 51.4 Å². The molecule has 0 saturated carbocycles. The van der Waals surface area contributed by atoms with Crippen molar-refractivity contribution in [2.24, 2.45) is 5.73 Å². The number of hydrogen-bond donors (Lipinski definition) is 1. The fourth-order valence-corrected chi connectivity index (χ4v) is 2.23. The van der Waals surface area contributed by atoms with Crippen LogP contribution in [-0.4, -0.2) is 4.98 Å². The number of pyridine rings is 1. The summed E-state index contributed by atoms with van der Waals surface area (Å²) in [7, 11) is 0. The molecule has 1 unspecified atom stereocenters. The van der Waals surface area contributed by atoms with Crippen LogP contribution in [0.5, 0.6) is 0 Å². The zero-order chi connectivity index (χ0) is 10.7. The summed E-state index contributed by atoms with van der Waals surface area (Å²) in [6.45, 7) is 0. The number of thiophene rings is 1. The van der Waals surface area contributed by atoms with Crippen LogP contribution in [0.3, 0.4) is 0 Å². The van der Waals surface area contributed by atoms with Crippen LogP contribution in [0.25, 0.3) is 0 Å². The largest absolute Gasteiger partial charge is 0.322 e. The molecule has 2 aromatic rings. The standard InChI is InChI=1S/C11H11ClN2S/c12-8-3-4-11(14-7-8)10(13)6-9-2-1-5-15-9/h1-5,7,10H,6,13H2. The van der Waals surface area contributed by atoms with E-state index in [9.17, 15) is 0 Å². The highest BCUT2D eigenvalue weighted by atomic mass is 35.5. The maximum atomic E-state index is 6.04. The van der Waals surface area contributed by atoms with Gasteiger partial charge >= 0.3 is 0 Å². The average Bonchev–Trinajstić information content (AvgIpc) is 2.71. The smallest absolute Gasteiger partial charge is 0.0589 e. The van der Waals surface area contributed by atoms with E-state index in [1.54, 1.807) is 17.5 Å². The summed E-state index contributed by atoms with van der Waals surface area (Å²) in [5, 5.41) is 2.69. The third-order valence-electron chi connectivity index (χ3n) is 2.13. The van der Waals surface area contributed by atoms with Gasteiger partial charge in [-0.25, -0.2) is 0 Å². The van der Waals surface area contributed by atoms with Gasteiger partial charge in [-0.05, 0) is 23.6 Å². The van der Waals surface area contributed by atoms with Gasteiger partial charge in [-0.2, -0.15) is 0 Å². The van der Waals surface area contributed by atoms with Crippen molar-refractivity contribution >= 4 is 22.9 Å². The Morgan fingerprint density at radius 2 is 2.27 bits per heavy atom. The summed E-state index contributed by atoms with van der Waals surface area (Å²) in [6.07, 6.45) is 2.46. The van der Waals surface area contributed by atoms with E-state index in [0.717, 1.165) is 12.1 Å². The van der Waals surface area contributed by atoms with Crippen molar-refractivity contribution in [1.29, 1.82) is 0 Å². The van der Waals surface area contributed by atoms with Crippen molar-refractivity contribution in [1.82, 2.24) is 4.98 Å². The minimum Gasteiger partial charge on any atom is -0.322 e. The summed E-state index contributed by atoms with van der Waals surface area (Å²) >= 11 is 7.47. The van der Waals surface area contributed by atoms with E-state index in [1.807, 2.05) is 18.2 Å². The molecule has 0 saturated heterocycles. The molecule has 0 fully saturated rings. The third-order valence-corrected chi connectivity index (χ3v) is 3.25. The molecule has 2 N–H and O–H groups in total. The van der Waals surface area contributed by atoms with E-state index in [4.69, 9.17) is 17.3 Å². The molecule has 0 aromatic carbocycles. The molecule has 0 bridgehead atoms. The second-order valence-electron chi connectivity index (χ2n) is 3.29. The number of halogens is 1. The van der Waals surface area contributed by atoms with Crippen molar-refractivity contribution in [2.75, 3.05) is 0 Å². The average molecular weight is 239 g/mol. The first-order valence-electron chi connectivity index (χ1n) is 4.65. The van der Waals surface area contributed by atoms with Gasteiger partial charge in [-0.15, -0.1) is 11.3 Å². The summed E-state index contributed by atoms with van der Waals surface area (Å²) in [4.78, 5) is 5.48. The van der Waals surface area contributed by atoms with Crippen LogP contribution in [0.2, 0.25) is 5.02 Å². The van der Waals surface area contributed by atoms with Gasteiger partial charge in [0.05, 0.1) is 16.8 Å². The second-order valence-corrected chi connectivity index (χ2v) is 4.76. The van der Waals surface area contributed by atoms with Crippen LogP contribution in [0.4, 0.5) is 0 Å². The van der Waals surface area contributed by atoms with Crippen molar-refractivity contribution in [2.45, 2.75) is 12.5 Å². The van der Waals surface area contributed by atoms with Crippen molar-refractivity contribution in [3.63, 3.8) is 0 Å². The number of nitrogens with two attached hydrogens (primary N) is 1. The SMILES string of the molecule is NC(Cc1cccs1)c1ccc(Cl)cn1. The van der Waals surface area contributed by atoms with Crippen LogP contribution in [-0.2, 0) is 6.42 Å². The quantitative estimate of drug-likeness (QED) is 0.893. The van der Waals surface area contributed by atoms with Gasteiger partial charge in [0.15, 0.2) is 0 Å². The molecule has 2 rings (SSSR count). The molecule has 0 aliphatic heterocycles. The van der Waals surface area contributed by atoms with Crippen LogP contribution >= 0.6 is 22.9 Å². The summed E-state index contributed by atoms with van der Waals surface area (Å²) < 4.78 is 0. The first kappa shape index (κ1) is 10.6. The molecule has 15 heavy (non-hydrogen) atoms. The molecule has 2 heterocycles. The normalized spacial score (nSPS) is 12.7. The molecule has 78 valence electrons. The maximum Gasteiger partial charge on any atom is 0.0589 e. The summed E-state index contributed by atoms with van der Waals surface area (Å²) in [5.74, 6) is 0. The Labute approximate surface area is 97.7 Å². The molecule has 0 radical (unpaired) electrons. The van der Waals surface area contributed by atoms with Crippen LogP contribution in [0.15, 0.2) is 35.8 Å². The zero-order valence-corrected chi connectivity index (χ0v) is 9.63. The molecule has 0 aliphatic rings. The number of aromatic nitrogens is 1. The van der Waals surface area contributed by atoms with E-state index >= 15 is 0 Å². The zero-order valence-electron chi connectivity index (χ0n) is 8.06. The highest BCUT2D eigenvalue weighted by Crippen LogP contribution is 2.18. The highest BCUT2D eigenvalue weighted by molar-refractivity contribution is 7.09. The van der Waals surface area contributed by atoms with Crippen molar-refractivity contribution in [3.8, 4) is 0 Å². The first-order valence-corrected chi connectivity index (χ1v) is 5.91. The predicted octanol–water partition coefficient (Wildman–Crippen LogP) is 3.04. The number of rotatable bonds is 3. The van der Waals surface area contributed by atoms with Gasteiger partial charge in [-0.3, -0.25) is 4.98 Å². The Kier molecular flexibility index (Phi) is 3.36. The van der Waals surface area contributed by atoms with Crippen LogP contribution < -0.4 is 5.73 Å². The molecular weight excluding hydrogens is 228 g/mol. The predicted molar refractivity (Wildman–Crippen MR) is 64.2 cm³/mol. The Bertz CT molecular complexity index is 411. The van der Waals surface area contributed by atoms with E-state index in [1.165, 1.54) is 4.88 Å². The van der Waals surface area contributed by atoms with Gasteiger partial charge in [0, 0.05) is 17.5 Å². The lowest BCUT2D eigenvalue weighted by molar-refractivity contribution is 0.704. The Morgan fingerprint density at radius 1 is 1.40 bits per heavy atom. The van der Waals surface area contributed by atoms with Gasteiger partial charge < -0.3 is 5.73 Å². The van der Waals surface area contributed by atoms with E-state index in [2.05, 4.69) is 16.4 Å². The molecule has 4 heteroatoms. The van der Waals surface area contributed by atoms with Gasteiger partial charge in [0.2, 0.25) is 0 Å². The molecule has 0 amide bonds. The van der Waals surface area contributed by atoms with Gasteiger partial charge in [0.1, 0.15) is 0 Å². The fourth-order valence-electron chi connectivity index (χ4n) is 1.36. The number of hydrogen-bond acceptors (Lipinski definition) is 3. The summed E-state index contributed by atoms with van der Waals surface area (Å²) in [6, 6.07) is 7.75. The Hall–Kier alpha value is -0.900. The minimum atomic E-state index is -0.0547. The van der Waals surface area contributed by atoms with Gasteiger partial charge in [-0.1, -0.05) is 17.7 Å². The Morgan fingerprint density at radius 3 is 2.87 bits per heavy atom. The lowest BCUT2D eigenvalue weighted by Crippen LogP contribution is -2.14.